The van der Waals surface area contributed by atoms with Crippen molar-refractivity contribution >= 4 is 11.9 Å². The summed E-state index contributed by atoms with van der Waals surface area (Å²) in [4.78, 5) is 24.3. The molecular formula is C45H56O5. The van der Waals surface area contributed by atoms with Crippen LogP contribution in [0.1, 0.15) is 116 Å². The molecule has 0 bridgehead atoms. The highest BCUT2D eigenvalue weighted by Gasteiger charge is 2.32. The van der Waals surface area contributed by atoms with Crippen molar-refractivity contribution in [3.63, 3.8) is 0 Å². The zero-order chi connectivity index (χ0) is 35.6. The highest BCUT2D eigenvalue weighted by atomic mass is 16.5. The van der Waals surface area contributed by atoms with Crippen LogP contribution in [-0.4, -0.2) is 18.5 Å². The van der Waals surface area contributed by atoms with E-state index in [-0.39, 0.29) is 0 Å². The van der Waals surface area contributed by atoms with Gasteiger partial charge in [-0.3, -0.25) is 0 Å². The lowest BCUT2D eigenvalue weighted by molar-refractivity contribution is -0.130. The molecule has 0 aromatic heterocycles. The van der Waals surface area contributed by atoms with Gasteiger partial charge in [0.25, 0.3) is 0 Å². The van der Waals surface area contributed by atoms with Crippen LogP contribution >= 0.6 is 0 Å². The molecule has 0 aliphatic heterocycles. The number of unbranched alkanes of at least 4 members (excludes halogenated alkanes) is 2. The van der Waals surface area contributed by atoms with Crippen molar-refractivity contribution in [2.75, 3.05) is 6.61 Å². The Bertz CT molecular complexity index is 1520. The molecule has 0 saturated heterocycles. The van der Waals surface area contributed by atoms with Crippen LogP contribution in [-0.2, 0) is 9.59 Å². The van der Waals surface area contributed by atoms with Gasteiger partial charge in [-0.25, -0.2) is 9.59 Å². The number of benzene rings is 3. The summed E-state index contributed by atoms with van der Waals surface area (Å²) < 4.78 is 17.4. The van der Waals surface area contributed by atoms with Crippen LogP contribution < -0.4 is 14.2 Å². The van der Waals surface area contributed by atoms with E-state index in [1.807, 2.05) is 55.5 Å². The van der Waals surface area contributed by atoms with E-state index in [2.05, 4.69) is 32.2 Å². The Kier molecular flexibility index (Phi) is 13.1. The second-order valence-electron chi connectivity index (χ2n) is 14.7. The topological polar surface area (TPSA) is 61.8 Å². The standard InChI is InChI=1S/C45H56O5/c1-7-9-10-11-32-12-14-33(15-13-32)34-16-18-35(19-17-34)38-28-41(36-20-24-39(25-21-36)49-44(46)30(3)4)43(48-8-2)42(29-38)37-22-26-40(27-23-37)50-45(47)31(5)6/h20-29,32-35H,3,5,7-19H2,1-2,4,6H3. The van der Waals surface area contributed by atoms with E-state index < -0.39 is 11.9 Å². The van der Waals surface area contributed by atoms with Gasteiger partial charge in [0.05, 0.1) is 6.61 Å². The molecule has 0 spiro atoms. The zero-order valence-electron chi connectivity index (χ0n) is 30.7. The molecule has 3 aromatic carbocycles. The summed E-state index contributed by atoms with van der Waals surface area (Å²) in [5, 5.41) is 0. The van der Waals surface area contributed by atoms with Crippen molar-refractivity contribution in [1.82, 2.24) is 0 Å². The van der Waals surface area contributed by atoms with Gasteiger partial charge in [0.1, 0.15) is 17.2 Å². The second kappa shape index (κ2) is 17.7. The third-order valence-electron chi connectivity index (χ3n) is 10.9. The number of esters is 2. The van der Waals surface area contributed by atoms with Crippen LogP contribution in [0.2, 0.25) is 0 Å². The van der Waals surface area contributed by atoms with E-state index in [0.717, 1.165) is 45.8 Å². The van der Waals surface area contributed by atoms with Gasteiger partial charge in [-0.1, -0.05) is 82.9 Å². The third-order valence-corrected chi connectivity index (χ3v) is 10.9. The molecule has 5 nitrogen and oxygen atoms in total. The van der Waals surface area contributed by atoms with Crippen LogP contribution in [0.15, 0.2) is 85.0 Å². The smallest absolute Gasteiger partial charge is 0.338 e. The molecule has 5 rings (SSSR count). The fourth-order valence-electron chi connectivity index (χ4n) is 7.96. The molecule has 2 aliphatic carbocycles. The van der Waals surface area contributed by atoms with Gasteiger partial charge in [0.15, 0.2) is 0 Å². The van der Waals surface area contributed by atoms with Crippen molar-refractivity contribution in [1.29, 1.82) is 0 Å². The monoisotopic (exact) mass is 676 g/mol. The molecule has 2 aliphatic rings. The van der Waals surface area contributed by atoms with E-state index >= 15 is 0 Å². The number of carbonyl (C=O) groups is 2. The lowest BCUT2D eigenvalue weighted by Gasteiger charge is -2.38. The molecule has 0 radical (unpaired) electrons. The van der Waals surface area contributed by atoms with Crippen molar-refractivity contribution < 1.29 is 23.8 Å². The van der Waals surface area contributed by atoms with Crippen LogP contribution in [0.5, 0.6) is 17.2 Å². The molecule has 2 saturated carbocycles. The third kappa shape index (κ3) is 9.56. The van der Waals surface area contributed by atoms with E-state index in [1.54, 1.807) is 13.8 Å². The minimum absolute atomic E-state index is 0.357. The Morgan fingerprint density at radius 3 is 1.54 bits per heavy atom. The van der Waals surface area contributed by atoms with Crippen LogP contribution in [0.25, 0.3) is 22.3 Å². The van der Waals surface area contributed by atoms with Crippen LogP contribution in [0, 0.1) is 17.8 Å². The maximum Gasteiger partial charge on any atom is 0.338 e. The Balaban J connectivity index is 1.41. The summed E-state index contributed by atoms with van der Waals surface area (Å²) in [5.41, 5.74) is 6.04. The second-order valence-corrected chi connectivity index (χ2v) is 14.7. The molecule has 0 heterocycles. The first-order chi connectivity index (χ1) is 24.2. The maximum absolute atomic E-state index is 12.2. The SMILES string of the molecule is C=C(C)C(=O)Oc1ccc(-c2cc(C3CCC(C4CCC(CCCCC)CC4)CC3)cc(-c3ccc(OC(=O)C(=C)C)cc3)c2OCC)cc1. The molecular weight excluding hydrogens is 620 g/mol. The summed E-state index contributed by atoms with van der Waals surface area (Å²) >= 11 is 0. The van der Waals surface area contributed by atoms with Gasteiger partial charge in [0, 0.05) is 22.3 Å². The van der Waals surface area contributed by atoms with Gasteiger partial charge in [-0.2, -0.15) is 0 Å². The predicted octanol–water partition coefficient (Wildman–Crippen LogP) is 12.0. The Labute approximate surface area is 300 Å². The predicted molar refractivity (Wildman–Crippen MR) is 204 cm³/mol. The minimum Gasteiger partial charge on any atom is -0.493 e. The molecule has 2 fully saturated rings. The molecule has 3 aromatic rings. The van der Waals surface area contributed by atoms with Gasteiger partial charge in [-0.15, -0.1) is 0 Å². The number of rotatable bonds is 14. The summed E-state index contributed by atoms with van der Waals surface area (Å²) in [6.07, 6.45) is 16.2. The summed E-state index contributed by atoms with van der Waals surface area (Å²) in [6.45, 7) is 15.5. The highest BCUT2D eigenvalue weighted by Crippen LogP contribution is 2.48. The molecule has 0 atom stereocenters. The number of hydrogen-bond acceptors (Lipinski definition) is 5. The lowest BCUT2D eigenvalue weighted by atomic mass is 9.67. The van der Waals surface area contributed by atoms with Crippen molar-refractivity contribution in [2.45, 2.75) is 111 Å². The first kappa shape index (κ1) is 37.1. The summed E-state index contributed by atoms with van der Waals surface area (Å²) in [5.74, 6) is 4.03. The molecule has 266 valence electrons. The normalized spacial score (nSPS) is 20.5. The van der Waals surface area contributed by atoms with E-state index in [0.29, 0.717) is 35.2 Å². The number of hydrogen-bond donors (Lipinski definition) is 0. The summed E-state index contributed by atoms with van der Waals surface area (Å²) in [6, 6.07) is 19.9. The maximum atomic E-state index is 12.2. The number of ether oxygens (including phenoxy) is 3. The molecule has 50 heavy (non-hydrogen) atoms. The average Bonchev–Trinajstić information content (AvgIpc) is 3.13. The molecule has 0 amide bonds. The summed E-state index contributed by atoms with van der Waals surface area (Å²) in [7, 11) is 0. The Morgan fingerprint density at radius 1 is 0.660 bits per heavy atom. The van der Waals surface area contributed by atoms with Crippen LogP contribution in [0.3, 0.4) is 0 Å². The first-order valence-electron chi connectivity index (χ1n) is 18.9. The van der Waals surface area contributed by atoms with E-state index in [1.165, 1.54) is 82.6 Å². The largest absolute Gasteiger partial charge is 0.493 e. The molecule has 0 N–H and O–H groups in total. The van der Waals surface area contributed by atoms with Crippen molar-refractivity contribution in [2.24, 2.45) is 17.8 Å². The minimum atomic E-state index is -0.440. The van der Waals surface area contributed by atoms with Crippen molar-refractivity contribution in [3.8, 4) is 39.5 Å². The van der Waals surface area contributed by atoms with Gasteiger partial charge in [-0.05, 0) is 136 Å². The molecule has 5 heteroatoms. The van der Waals surface area contributed by atoms with Gasteiger partial charge < -0.3 is 14.2 Å². The average molecular weight is 677 g/mol. The van der Waals surface area contributed by atoms with E-state index in [4.69, 9.17) is 14.2 Å². The molecule has 0 unspecified atom stereocenters. The Morgan fingerprint density at radius 2 is 1.12 bits per heavy atom. The first-order valence-corrected chi connectivity index (χ1v) is 18.9. The fourth-order valence-corrected chi connectivity index (χ4v) is 7.96. The van der Waals surface area contributed by atoms with Gasteiger partial charge in [0.2, 0.25) is 0 Å². The lowest BCUT2D eigenvalue weighted by Crippen LogP contribution is -2.25. The quantitative estimate of drug-likeness (QED) is 0.0736. The zero-order valence-corrected chi connectivity index (χ0v) is 30.7. The van der Waals surface area contributed by atoms with E-state index in [9.17, 15) is 9.59 Å². The van der Waals surface area contributed by atoms with Crippen molar-refractivity contribution in [3.05, 3.63) is 90.5 Å². The van der Waals surface area contributed by atoms with Gasteiger partial charge >= 0.3 is 11.9 Å². The fraction of sp³-hybridized carbons (Fsp3) is 0.467. The Hall–Kier alpha value is -4.12. The highest BCUT2D eigenvalue weighted by molar-refractivity contribution is 5.90. The number of carbonyl (C=O) groups excluding carboxylic acids is 2. The van der Waals surface area contributed by atoms with Crippen LogP contribution in [0.4, 0.5) is 0 Å².